The van der Waals surface area contributed by atoms with Crippen LogP contribution in [0.15, 0.2) is 0 Å². The second-order valence-corrected chi connectivity index (χ2v) is 3.27. The average molecular weight is 242 g/mol. The molecule has 0 N–H and O–H groups in total. The highest BCUT2D eigenvalue weighted by Crippen LogP contribution is 2.13. The number of ether oxygens (including phenoxy) is 1. The number of rotatable bonds is 4. The summed E-state index contributed by atoms with van der Waals surface area (Å²) in [6, 6.07) is -1.31. The van der Waals surface area contributed by atoms with Gasteiger partial charge in [0.1, 0.15) is 12.6 Å². The molecule has 0 aromatic rings. The number of methoxy groups -OCH3 is 1. The van der Waals surface area contributed by atoms with Gasteiger partial charge in [-0.15, -0.1) is 0 Å². The van der Waals surface area contributed by atoms with Crippen molar-refractivity contribution in [1.29, 1.82) is 0 Å². The highest BCUT2D eigenvalue weighted by molar-refractivity contribution is 6.05. The molecule has 1 atom stereocenters. The average Bonchev–Trinajstić information content (AvgIpc) is 2.33. The molecule has 17 heavy (non-hydrogen) atoms. The number of carbonyl (C=O) groups excluding carboxylic acids is 5. The molecule has 1 aliphatic rings. The van der Waals surface area contributed by atoms with Crippen molar-refractivity contribution in [2.24, 2.45) is 0 Å². The Morgan fingerprint density at radius 2 is 2.06 bits per heavy atom. The van der Waals surface area contributed by atoms with Gasteiger partial charge in [-0.3, -0.25) is 33.8 Å². The molecule has 0 radical (unpaired) electrons. The molecule has 0 bridgehead atoms. The lowest BCUT2D eigenvalue weighted by Crippen LogP contribution is -2.59. The fourth-order valence-electron chi connectivity index (χ4n) is 1.44. The molecule has 1 unspecified atom stereocenters. The standard InChI is InChI=1S/C9H10N2O6/c1-17-8(15)2-6-9(16)10(4-12)3-7(14)11(6)5-13/h4-6H,2-3H2,1H3. The molecule has 1 aliphatic heterocycles. The molecule has 1 saturated heterocycles. The molecular formula is C9H10N2O6. The van der Waals surface area contributed by atoms with Gasteiger partial charge in [-0.2, -0.15) is 0 Å². The molecule has 1 rings (SSSR count). The Hall–Kier alpha value is -2.25. The molecule has 0 aromatic carbocycles. The maximum absolute atomic E-state index is 11.7. The van der Waals surface area contributed by atoms with Crippen LogP contribution in [-0.2, 0) is 28.7 Å². The van der Waals surface area contributed by atoms with Gasteiger partial charge in [0.2, 0.25) is 18.7 Å². The maximum Gasteiger partial charge on any atom is 0.308 e. The smallest absolute Gasteiger partial charge is 0.308 e. The largest absolute Gasteiger partial charge is 0.469 e. The highest BCUT2D eigenvalue weighted by Gasteiger charge is 2.40. The fourth-order valence-corrected chi connectivity index (χ4v) is 1.44. The third-order valence-corrected chi connectivity index (χ3v) is 2.33. The van der Waals surface area contributed by atoms with Gasteiger partial charge in [0.05, 0.1) is 13.5 Å². The van der Waals surface area contributed by atoms with Gasteiger partial charge in [-0.1, -0.05) is 0 Å². The van der Waals surface area contributed by atoms with Gasteiger partial charge < -0.3 is 4.74 Å². The summed E-state index contributed by atoms with van der Waals surface area (Å²) in [6.45, 7) is -0.501. The lowest BCUT2D eigenvalue weighted by molar-refractivity contribution is -0.163. The molecule has 1 heterocycles. The summed E-state index contributed by atoms with van der Waals surface area (Å²) in [5.41, 5.74) is 0. The Kier molecular flexibility index (Phi) is 3.91. The summed E-state index contributed by atoms with van der Waals surface area (Å²) >= 11 is 0. The molecule has 0 spiro atoms. The zero-order valence-electron chi connectivity index (χ0n) is 8.99. The molecule has 8 nitrogen and oxygen atoms in total. The number of hydrogen-bond acceptors (Lipinski definition) is 6. The summed E-state index contributed by atoms with van der Waals surface area (Å²) in [5.74, 6) is -2.26. The van der Waals surface area contributed by atoms with Crippen molar-refractivity contribution in [2.75, 3.05) is 13.7 Å². The molecule has 0 saturated carbocycles. The molecule has 8 heteroatoms. The van der Waals surface area contributed by atoms with E-state index in [0.29, 0.717) is 9.80 Å². The van der Waals surface area contributed by atoms with E-state index in [0.717, 1.165) is 7.11 Å². The van der Waals surface area contributed by atoms with Crippen LogP contribution in [0.5, 0.6) is 0 Å². The van der Waals surface area contributed by atoms with Gasteiger partial charge in [0.15, 0.2) is 0 Å². The van der Waals surface area contributed by atoms with Crippen LogP contribution in [0.1, 0.15) is 6.42 Å². The summed E-state index contributed by atoms with van der Waals surface area (Å²) in [5, 5.41) is 0. The Bertz CT molecular complexity index is 380. The van der Waals surface area contributed by atoms with Crippen LogP contribution in [-0.4, -0.2) is 60.1 Å². The Labute approximate surface area is 96.1 Å². The van der Waals surface area contributed by atoms with Crippen molar-refractivity contribution in [3.8, 4) is 0 Å². The quantitative estimate of drug-likeness (QED) is 0.413. The van der Waals surface area contributed by atoms with Crippen molar-refractivity contribution in [1.82, 2.24) is 9.80 Å². The first-order valence-corrected chi connectivity index (χ1v) is 4.64. The van der Waals surface area contributed by atoms with Gasteiger partial charge in [-0.25, -0.2) is 0 Å². The second-order valence-electron chi connectivity index (χ2n) is 3.27. The molecule has 0 aliphatic carbocycles. The first-order chi connectivity index (χ1) is 8.04. The number of carbonyl (C=O) groups is 5. The minimum Gasteiger partial charge on any atom is -0.469 e. The number of hydrogen-bond donors (Lipinski definition) is 0. The van der Waals surface area contributed by atoms with E-state index in [1.165, 1.54) is 0 Å². The van der Waals surface area contributed by atoms with Gasteiger partial charge >= 0.3 is 5.97 Å². The van der Waals surface area contributed by atoms with Crippen LogP contribution >= 0.6 is 0 Å². The molecule has 1 fully saturated rings. The molecular weight excluding hydrogens is 232 g/mol. The van der Waals surface area contributed by atoms with Crippen LogP contribution in [0.4, 0.5) is 0 Å². The number of esters is 1. The minimum atomic E-state index is -1.31. The summed E-state index contributed by atoms with van der Waals surface area (Å²) in [7, 11) is 1.11. The lowest BCUT2D eigenvalue weighted by Gasteiger charge is -2.33. The monoisotopic (exact) mass is 242 g/mol. The number of amides is 4. The van der Waals surface area contributed by atoms with Crippen LogP contribution < -0.4 is 0 Å². The van der Waals surface area contributed by atoms with Gasteiger partial charge in [0.25, 0.3) is 5.91 Å². The number of nitrogens with zero attached hydrogens (tertiary/aromatic N) is 2. The first kappa shape index (κ1) is 12.8. The number of piperazine rings is 1. The van der Waals surface area contributed by atoms with Crippen LogP contribution in [0.3, 0.4) is 0 Å². The molecule has 92 valence electrons. The van der Waals surface area contributed by atoms with Crippen LogP contribution in [0, 0.1) is 0 Å². The summed E-state index contributed by atoms with van der Waals surface area (Å²) in [6.07, 6.45) is -0.118. The van der Waals surface area contributed by atoms with Crippen molar-refractivity contribution >= 4 is 30.6 Å². The van der Waals surface area contributed by atoms with E-state index in [1.807, 2.05) is 0 Å². The summed E-state index contributed by atoms with van der Waals surface area (Å²) in [4.78, 5) is 56.6. The normalized spacial score (nSPS) is 20.2. The third kappa shape index (κ3) is 2.47. The maximum atomic E-state index is 11.7. The SMILES string of the molecule is COC(=O)CC1C(=O)N(C=O)CC(=O)N1C=O. The summed E-state index contributed by atoms with van der Waals surface area (Å²) < 4.78 is 4.35. The molecule has 4 amide bonds. The topological polar surface area (TPSA) is 101 Å². The first-order valence-electron chi connectivity index (χ1n) is 4.64. The minimum absolute atomic E-state index is 0.163. The zero-order chi connectivity index (χ0) is 13.0. The van der Waals surface area contributed by atoms with Crippen LogP contribution in [0.25, 0.3) is 0 Å². The van der Waals surface area contributed by atoms with E-state index in [4.69, 9.17) is 0 Å². The number of imide groups is 2. The van der Waals surface area contributed by atoms with E-state index < -0.39 is 36.8 Å². The Morgan fingerprint density at radius 1 is 1.41 bits per heavy atom. The lowest BCUT2D eigenvalue weighted by atomic mass is 10.1. The van der Waals surface area contributed by atoms with Gasteiger partial charge in [-0.05, 0) is 0 Å². The highest BCUT2D eigenvalue weighted by atomic mass is 16.5. The molecule has 0 aromatic heterocycles. The van der Waals surface area contributed by atoms with Crippen molar-refractivity contribution in [3.05, 3.63) is 0 Å². The van der Waals surface area contributed by atoms with Crippen molar-refractivity contribution < 1.29 is 28.7 Å². The van der Waals surface area contributed by atoms with E-state index >= 15 is 0 Å². The van der Waals surface area contributed by atoms with E-state index in [1.54, 1.807) is 0 Å². The van der Waals surface area contributed by atoms with Crippen LogP contribution in [0.2, 0.25) is 0 Å². The van der Waals surface area contributed by atoms with Crippen molar-refractivity contribution in [2.45, 2.75) is 12.5 Å². The Balaban J connectivity index is 2.96. The second kappa shape index (κ2) is 5.19. The van der Waals surface area contributed by atoms with Gasteiger partial charge in [0, 0.05) is 0 Å². The van der Waals surface area contributed by atoms with E-state index in [2.05, 4.69) is 4.74 Å². The third-order valence-electron chi connectivity index (χ3n) is 2.33. The van der Waals surface area contributed by atoms with E-state index in [9.17, 15) is 24.0 Å². The Morgan fingerprint density at radius 3 is 2.53 bits per heavy atom. The predicted molar refractivity (Wildman–Crippen MR) is 51.1 cm³/mol. The van der Waals surface area contributed by atoms with E-state index in [-0.39, 0.29) is 12.8 Å². The van der Waals surface area contributed by atoms with Crippen molar-refractivity contribution in [3.63, 3.8) is 0 Å². The predicted octanol–water partition coefficient (Wildman–Crippen LogP) is -2.10. The zero-order valence-corrected chi connectivity index (χ0v) is 8.99. The fraction of sp³-hybridized carbons (Fsp3) is 0.444.